The van der Waals surface area contributed by atoms with Crippen molar-refractivity contribution in [3.8, 4) is 10.6 Å². The Bertz CT molecular complexity index is 1280. The molecule has 0 saturated carbocycles. The number of alkyl halides is 3. The molecule has 0 bridgehead atoms. The predicted octanol–water partition coefficient (Wildman–Crippen LogP) is 1.40. The zero-order chi connectivity index (χ0) is 23.1. The second kappa shape index (κ2) is 8.14. The highest BCUT2D eigenvalue weighted by Gasteiger charge is 2.37. The lowest BCUT2D eigenvalue weighted by Gasteiger charge is -2.34. The molecule has 10 nitrogen and oxygen atoms in total. The molecule has 4 heterocycles. The second-order valence-corrected chi connectivity index (χ2v) is 10.0. The number of H-pyrrole nitrogens is 1. The molecule has 3 aromatic rings. The molecule has 1 saturated heterocycles. The molecule has 0 aliphatic carbocycles. The van der Waals surface area contributed by atoms with Crippen LogP contribution in [0.2, 0.25) is 0 Å². The van der Waals surface area contributed by atoms with Crippen LogP contribution in [0, 0.1) is 0 Å². The average molecular weight is 487 g/mol. The quantitative estimate of drug-likeness (QED) is 0.563. The fourth-order valence-corrected chi connectivity index (χ4v) is 5.97. The number of hydrogen-bond donors (Lipinski definition) is 2. The van der Waals surface area contributed by atoms with Gasteiger partial charge >= 0.3 is 6.18 Å². The van der Waals surface area contributed by atoms with Crippen LogP contribution in [-0.4, -0.2) is 59.1 Å². The van der Waals surface area contributed by atoms with Crippen molar-refractivity contribution in [2.45, 2.75) is 10.4 Å². The predicted molar refractivity (Wildman–Crippen MR) is 111 cm³/mol. The fourth-order valence-electron chi connectivity index (χ4n) is 3.11. The highest BCUT2D eigenvalue weighted by molar-refractivity contribution is 7.91. The van der Waals surface area contributed by atoms with Crippen molar-refractivity contribution in [1.29, 1.82) is 0 Å². The molecule has 0 radical (unpaired) electrons. The number of hydrogen-bond acceptors (Lipinski definition) is 9. The molecule has 3 aromatic heterocycles. The molecular weight excluding hydrogens is 471 g/mol. The standard InChI is InChI=1S/C17H16F3N7O3S2/c18-17(19,20)15-16(21)22-9-12(23-15)26-5-7-27(8-6-26)32(29,30)14-4-2-11(31-14)10-1-3-13(28)25-24-10/h1-4,9H,5-8H2,(H2,21,22)(H,25,28). The van der Waals surface area contributed by atoms with E-state index in [4.69, 9.17) is 5.73 Å². The Kier molecular flexibility index (Phi) is 5.64. The van der Waals surface area contributed by atoms with Crippen LogP contribution in [0.3, 0.4) is 0 Å². The van der Waals surface area contributed by atoms with Crippen LogP contribution in [0.25, 0.3) is 10.6 Å². The summed E-state index contributed by atoms with van der Waals surface area (Å²) in [5.41, 5.74) is 4.07. The maximum absolute atomic E-state index is 13.0. The maximum atomic E-state index is 13.0. The van der Waals surface area contributed by atoms with Crippen LogP contribution >= 0.6 is 11.3 Å². The zero-order valence-electron chi connectivity index (χ0n) is 16.2. The Labute approximate surface area is 183 Å². The number of aromatic nitrogens is 4. The van der Waals surface area contributed by atoms with Gasteiger partial charge in [-0.2, -0.15) is 22.6 Å². The van der Waals surface area contributed by atoms with Gasteiger partial charge in [0.1, 0.15) is 15.7 Å². The summed E-state index contributed by atoms with van der Waals surface area (Å²) in [5, 5.41) is 6.18. The van der Waals surface area contributed by atoms with E-state index in [9.17, 15) is 26.4 Å². The van der Waals surface area contributed by atoms with Crippen molar-refractivity contribution in [2.24, 2.45) is 0 Å². The van der Waals surface area contributed by atoms with Gasteiger partial charge in [0.15, 0.2) is 11.5 Å². The van der Waals surface area contributed by atoms with Crippen LogP contribution < -0.4 is 16.2 Å². The molecule has 15 heteroatoms. The van der Waals surface area contributed by atoms with Crippen molar-refractivity contribution >= 4 is 33.0 Å². The van der Waals surface area contributed by atoms with Crippen LogP contribution in [-0.2, 0) is 16.2 Å². The molecule has 4 rings (SSSR count). The fraction of sp³-hybridized carbons (Fsp3) is 0.294. The first-order chi connectivity index (χ1) is 15.1. The molecule has 32 heavy (non-hydrogen) atoms. The van der Waals surface area contributed by atoms with Crippen LogP contribution in [0.1, 0.15) is 5.69 Å². The summed E-state index contributed by atoms with van der Waals surface area (Å²) < 4.78 is 66.5. The van der Waals surface area contributed by atoms with Gasteiger partial charge in [0.05, 0.1) is 11.1 Å². The Morgan fingerprint density at radius 3 is 2.44 bits per heavy atom. The Morgan fingerprint density at radius 1 is 1.09 bits per heavy atom. The van der Waals surface area contributed by atoms with Gasteiger partial charge in [-0.25, -0.2) is 23.5 Å². The summed E-state index contributed by atoms with van der Waals surface area (Å²) in [6.07, 6.45) is -3.60. The molecule has 1 aliphatic rings. The third-order valence-corrected chi connectivity index (χ3v) is 8.20. The third-order valence-electron chi connectivity index (χ3n) is 4.73. The number of piperazine rings is 1. The summed E-state index contributed by atoms with van der Waals surface area (Å²) in [6, 6.07) is 5.83. The lowest BCUT2D eigenvalue weighted by atomic mass is 10.3. The molecule has 1 aliphatic heterocycles. The molecule has 0 amide bonds. The van der Waals surface area contributed by atoms with Crippen LogP contribution in [0.4, 0.5) is 24.8 Å². The highest BCUT2D eigenvalue weighted by Crippen LogP contribution is 2.33. The number of anilines is 2. The number of nitrogens with zero attached hydrogens (tertiary/aromatic N) is 5. The maximum Gasteiger partial charge on any atom is 0.437 e. The van der Waals surface area contributed by atoms with Crippen LogP contribution in [0.15, 0.2) is 39.5 Å². The van der Waals surface area contributed by atoms with E-state index in [0.717, 1.165) is 17.5 Å². The normalized spacial score (nSPS) is 15.8. The SMILES string of the molecule is Nc1ncc(N2CCN(S(=O)(=O)c3ccc(-c4ccc(=O)[nH]n4)s3)CC2)nc1C(F)(F)F. The number of sulfonamides is 1. The van der Waals surface area contributed by atoms with E-state index in [0.29, 0.717) is 10.6 Å². The summed E-state index contributed by atoms with van der Waals surface area (Å²) in [7, 11) is -3.81. The van der Waals surface area contributed by atoms with Gasteiger partial charge in [0.25, 0.3) is 15.6 Å². The van der Waals surface area contributed by atoms with Crippen molar-refractivity contribution in [1.82, 2.24) is 24.5 Å². The first kappa shape index (κ1) is 22.2. The average Bonchev–Trinajstić information content (AvgIpc) is 3.25. The molecular formula is C17H16F3N7O3S2. The largest absolute Gasteiger partial charge is 0.437 e. The van der Waals surface area contributed by atoms with Gasteiger partial charge in [-0.3, -0.25) is 4.79 Å². The third kappa shape index (κ3) is 4.31. The smallest absolute Gasteiger partial charge is 0.382 e. The summed E-state index contributed by atoms with van der Waals surface area (Å²) in [6.45, 7) is 0.378. The molecule has 0 unspecified atom stereocenters. The van der Waals surface area contributed by atoms with Crippen LogP contribution in [0.5, 0.6) is 0 Å². The van der Waals surface area contributed by atoms with Crippen molar-refractivity contribution in [3.63, 3.8) is 0 Å². The number of aromatic amines is 1. The molecule has 0 atom stereocenters. The summed E-state index contributed by atoms with van der Waals surface area (Å²) in [4.78, 5) is 20.4. The van der Waals surface area contributed by atoms with E-state index in [1.165, 1.54) is 27.4 Å². The minimum absolute atomic E-state index is 0.0221. The van der Waals surface area contributed by atoms with Gasteiger partial charge in [-0.05, 0) is 18.2 Å². The number of nitrogens with two attached hydrogens (primary N) is 1. The number of rotatable bonds is 4. The van der Waals surface area contributed by atoms with Crippen molar-refractivity contribution in [2.75, 3.05) is 36.8 Å². The van der Waals surface area contributed by atoms with E-state index < -0.39 is 27.7 Å². The number of nitrogen functional groups attached to an aromatic ring is 1. The van der Waals surface area contributed by atoms with E-state index in [-0.39, 0.29) is 41.8 Å². The van der Waals surface area contributed by atoms with Gasteiger partial charge in [-0.1, -0.05) is 0 Å². The monoisotopic (exact) mass is 487 g/mol. The molecule has 1 fully saturated rings. The van der Waals surface area contributed by atoms with Gasteiger partial charge in [0, 0.05) is 32.2 Å². The Hall–Kier alpha value is -3.04. The Balaban J connectivity index is 1.48. The number of halogens is 3. The van der Waals surface area contributed by atoms with E-state index in [2.05, 4.69) is 20.2 Å². The van der Waals surface area contributed by atoms with Gasteiger partial charge in [0.2, 0.25) is 0 Å². The molecule has 0 aromatic carbocycles. The van der Waals surface area contributed by atoms with E-state index >= 15 is 0 Å². The Morgan fingerprint density at radius 2 is 1.81 bits per heavy atom. The molecule has 170 valence electrons. The first-order valence-electron chi connectivity index (χ1n) is 9.16. The molecule has 0 spiro atoms. The van der Waals surface area contributed by atoms with Gasteiger partial charge < -0.3 is 10.6 Å². The number of thiophene rings is 1. The van der Waals surface area contributed by atoms with Crippen molar-refractivity contribution in [3.05, 3.63) is 46.5 Å². The number of nitrogens with one attached hydrogen (secondary N) is 1. The molecule has 3 N–H and O–H groups in total. The minimum Gasteiger partial charge on any atom is -0.382 e. The zero-order valence-corrected chi connectivity index (χ0v) is 17.8. The lowest BCUT2D eigenvalue weighted by Crippen LogP contribution is -2.48. The minimum atomic E-state index is -4.74. The summed E-state index contributed by atoms with van der Waals surface area (Å²) in [5.74, 6) is -0.737. The van der Waals surface area contributed by atoms with Crippen molar-refractivity contribution < 1.29 is 21.6 Å². The lowest BCUT2D eigenvalue weighted by molar-refractivity contribution is -0.140. The van der Waals surface area contributed by atoms with E-state index in [1.54, 1.807) is 6.07 Å². The highest BCUT2D eigenvalue weighted by atomic mass is 32.2. The topological polar surface area (TPSA) is 138 Å². The first-order valence-corrected chi connectivity index (χ1v) is 11.4. The van der Waals surface area contributed by atoms with E-state index in [1.807, 2.05) is 0 Å². The second-order valence-electron chi connectivity index (χ2n) is 6.78. The van der Waals surface area contributed by atoms with Gasteiger partial charge in [-0.15, -0.1) is 11.3 Å². The summed E-state index contributed by atoms with van der Waals surface area (Å²) >= 11 is 1.01.